The van der Waals surface area contributed by atoms with Crippen molar-refractivity contribution < 1.29 is 4.43 Å². The first kappa shape index (κ1) is 8.92. The maximum atomic E-state index is 5.36. The summed E-state index contributed by atoms with van der Waals surface area (Å²) in [6.45, 7) is 7.30. The maximum Gasteiger partial charge on any atom is 0.185 e. The summed E-state index contributed by atoms with van der Waals surface area (Å²) in [7, 11) is -0.309. The molecule has 0 rings (SSSR count). The third kappa shape index (κ3) is 7.92. The molecule has 0 saturated carbocycles. The average Bonchev–Trinajstić information content (AvgIpc) is 1.80. The van der Waals surface area contributed by atoms with Crippen LogP contribution >= 0.6 is 0 Å². The third-order valence-corrected chi connectivity index (χ3v) is 2.47. The topological polar surface area (TPSA) is 9.23 Å². The fourth-order valence-corrected chi connectivity index (χ4v) is 1.36. The zero-order valence-corrected chi connectivity index (χ0v) is 8.02. The molecule has 0 aliphatic carbocycles. The van der Waals surface area contributed by atoms with Crippen LogP contribution in [0.3, 0.4) is 0 Å². The summed E-state index contributed by atoms with van der Waals surface area (Å²) in [5.41, 5.74) is 3.62. The molecule has 0 radical (unpaired) electrons. The van der Waals surface area contributed by atoms with Crippen LogP contribution in [0, 0.1) is 0 Å². The van der Waals surface area contributed by atoms with Gasteiger partial charge in [-0.2, -0.15) is 0 Å². The predicted molar refractivity (Wildman–Crippen MR) is 44.2 cm³/mol. The molecule has 1 nitrogen and oxygen atoms in total. The van der Waals surface area contributed by atoms with Gasteiger partial charge in [0.2, 0.25) is 0 Å². The molecule has 0 aromatic carbocycles. The van der Waals surface area contributed by atoms with Gasteiger partial charge in [0.25, 0.3) is 0 Å². The summed E-state index contributed by atoms with van der Waals surface area (Å²) in [5.74, 6) is 0. The zero-order valence-electron chi connectivity index (χ0n) is 6.61. The minimum Gasteiger partial charge on any atom is -0.419 e. The van der Waals surface area contributed by atoms with Gasteiger partial charge in [0.05, 0.1) is 0 Å². The summed E-state index contributed by atoms with van der Waals surface area (Å²) < 4.78 is 5.36. The Morgan fingerprint density at radius 2 is 2.22 bits per heavy atom. The third-order valence-electron chi connectivity index (χ3n) is 0.958. The zero-order chi connectivity index (χ0) is 7.11. The highest BCUT2D eigenvalue weighted by Gasteiger charge is 1.81. The second kappa shape index (κ2) is 6.04. The Balaban J connectivity index is 3.00. The van der Waals surface area contributed by atoms with E-state index in [0.717, 1.165) is 13.0 Å². The van der Waals surface area contributed by atoms with Crippen LogP contribution in [0.4, 0.5) is 0 Å². The highest BCUT2D eigenvalue weighted by atomic mass is 28.2. The second-order valence-electron chi connectivity index (χ2n) is 2.36. The molecule has 0 spiro atoms. The monoisotopic (exact) mass is 144 g/mol. The summed E-state index contributed by atoms with van der Waals surface area (Å²) in [6.07, 6.45) is 1.14. The molecular weight excluding hydrogens is 128 g/mol. The Kier molecular flexibility index (Phi) is 5.99. The van der Waals surface area contributed by atoms with Gasteiger partial charge in [-0.1, -0.05) is 18.2 Å². The molecule has 0 bridgehead atoms. The fraction of sp³-hybridized carbons (Fsp3) is 0.714. The molecule has 54 valence electrons. The lowest BCUT2D eigenvalue weighted by Gasteiger charge is -1.95. The van der Waals surface area contributed by atoms with Crippen molar-refractivity contribution in [3.63, 3.8) is 0 Å². The Morgan fingerprint density at radius 1 is 1.56 bits per heavy atom. The number of hydrogen-bond acceptors (Lipinski definition) is 1. The molecule has 0 aliphatic heterocycles. The van der Waals surface area contributed by atoms with Crippen LogP contribution in [0.5, 0.6) is 0 Å². The van der Waals surface area contributed by atoms with E-state index in [1.54, 1.807) is 0 Å². The van der Waals surface area contributed by atoms with Gasteiger partial charge in [0, 0.05) is 6.61 Å². The molecule has 0 saturated heterocycles. The summed E-state index contributed by atoms with van der Waals surface area (Å²) in [5, 5.41) is 0. The Bertz CT molecular complexity index is 84.9. The Morgan fingerprint density at radius 3 is 2.67 bits per heavy atom. The molecule has 0 aromatic heterocycles. The van der Waals surface area contributed by atoms with Gasteiger partial charge in [-0.15, -0.1) is 0 Å². The van der Waals surface area contributed by atoms with Gasteiger partial charge in [-0.05, 0) is 20.3 Å². The quantitative estimate of drug-likeness (QED) is 0.428. The van der Waals surface area contributed by atoms with Crippen LogP contribution in [-0.2, 0) is 4.43 Å². The van der Waals surface area contributed by atoms with Gasteiger partial charge in [0.15, 0.2) is 9.76 Å². The van der Waals surface area contributed by atoms with Crippen molar-refractivity contribution in [3.8, 4) is 0 Å². The highest BCUT2D eigenvalue weighted by Crippen LogP contribution is 1.86. The van der Waals surface area contributed by atoms with Crippen LogP contribution in [-0.4, -0.2) is 16.4 Å². The lowest BCUT2D eigenvalue weighted by atomic mass is 10.4. The Labute approximate surface area is 60.1 Å². The van der Waals surface area contributed by atoms with Crippen LogP contribution in [0.2, 0.25) is 0 Å². The van der Waals surface area contributed by atoms with Crippen LogP contribution < -0.4 is 0 Å². The minimum atomic E-state index is -0.309. The van der Waals surface area contributed by atoms with Crippen molar-refractivity contribution >= 4 is 9.76 Å². The van der Waals surface area contributed by atoms with E-state index < -0.39 is 0 Å². The van der Waals surface area contributed by atoms with Crippen molar-refractivity contribution in [2.24, 2.45) is 0 Å². The highest BCUT2D eigenvalue weighted by molar-refractivity contribution is 6.34. The summed E-state index contributed by atoms with van der Waals surface area (Å²) in [4.78, 5) is 0. The molecule has 0 aromatic rings. The van der Waals surface area contributed by atoms with E-state index in [1.165, 1.54) is 5.57 Å². The number of allylic oxidation sites excluding steroid dienone is 1. The largest absolute Gasteiger partial charge is 0.419 e. The SMILES string of the molecule is CCCO[SiH2]C=C(C)C. The van der Waals surface area contributed by atoms with E-state index in [9.17, 15) is 0 Å². The lowest BCUT2D eigenvalue weighted by molar-refractivity contribution is 0.341. The van der Waals surface area contributed by atoms with Gasteiger partial charge < -0.3 is 4.43 Å². The molecular formula is C7H16OSi. The normalized spacial score (nSPS) is 10.6. The second-order valence-corrected chi connectivity index (χ2v) is 3.51. The van der Waals surface area contributed by atoms with E-state index in [4.69, 9.17) is 4.43 Å². The molecule has 0 amide bonds. The van der Waals surface area contributed by atoms with E-state index in [2.05, 4.69) is 26.5 Å². The van der Waals surface area contributed by atoms with E-state index in [-0.39, 0.29) is 9.76 Å². The van der Waals surface area contributed by atoms with Crippen LogP contribution in [0.15, 0.2) is 11.3 Å². The predicted octanol–water partition coefficient (Wildman–Crippen LogP) is 1.42. The number of rotatable bonds is 4. The Hall–Kier alpha value is -0.0831. The molecule has 0 unspecified atom stereocenters. The first-order valence-electron chi connectivity index (χ1n) is 3.48. The first-order valence-corrected chi connectivity index (χ1v) is 4.88. The van der Waals surface area contributed by atoms with Crippen molar-refractivity contribution in [2.45, 2.75) is 27.2 Å². The van der Waals surface area contributed by atoms with E-state index >= 15 is 0 Å². The summed E-state index contributed by atoms with van der Waals surface area (Å²) in [6, 6.07) is 0. The van der Waals surface area contributed by atoms with Gasteiger partial charge in [-0.3, -0.25) is 0 Å². The number of hydrogen-bond donors (Lipinski definition) is 0. The van der Waals surface area contributed by atoms with Gasteiger partial charge in [0.1, 0.15) is 0 Å². The molecule has 0 atom stereocenters. The smallest absolute Gasteiger partial charge is 0.185 e. The average molecular weight is 144 g/mol. The van der Waals surface area contributed by atoms with Gasteiger partial charge >= 0.3 is 0 Å². The molecule has 0 aliphatic rings. The lowest BCUT2D eigenvalue weighted by Crippen LogP contribution is -1.96. The van der Waals surface area contributed by atoms with Crippen molar-refractivity contribution in [1.82, 2.24) is 0 Å². The van der Waals surface area contributed by atoms with Crippen LogP contribution in [0.1, 0.15) is 27.2 Å². The molecule has 0 heterocycles. The minimum absolute atomic E-state index is 0.309. The summed E-state index contributed by atoms with van der Waals surface area (Å²) >= 11 is 0. The van der Waals surface area contributed by atoms with Crippen molar-refractivity contribution in [2.75, 3.05) is 6.61 Å². The van der Waals surface area contributed by atoms with E-state index in [0.29, 0.717) is 0 Å². The first-order chi connectivity index (χ1) is 4.27. The maximum absolute atomic E-state index is 5.36. The van der Waals surface area contributed by atoms with Crippen molar-refractivity contribution in [3.05, 3.63) is 11.3 Å². The van der Waals surface area contributed by atoms with Crippen molar-refractivity contribution in [1.29, 1.82) is 0 Å². The fourth-order valence-electron chi connectivity index (χ4n) is 0.453. The molecule has 9 heavy (non-hydrogen) atoms. The molecule has 0 fully saturated rings. The molecule has 2 heteroatoms. The van der Waals surface area contributed by atoms with Gasteiger partial charge in [-0.25, -0.2) is 0 Å². The molecule has 0 N–H and O–H groups in total. The van der Waals surface area contributed by atoms with E-state index in [1.807, 2.05) is 0 Å². The van der Waals surface area contributed by atoms with Crippen LogP contribution in [0.25, 0.3) is 0 Å². The standard InChI is InChI=1S/C7H16OSi/c1-4-5-8-9-6-7(2)3/h6H,4-5,9H2,1-3H3.